The number of hydrogen-bond acceptors (Lipinski definition) is 2. The van der Waals surface area contributed by atoms with Crippen molar-refractivity contribution in [3.8, 4) is 0 Å². The summed E-state index contributed by atoms with van der Waals surface area (Å²) in [6, 6.07) is 0. The summed E-state index contributed by atoms with van der Waals surface area (Å²) >= 11 is 7.49. The number of halogens is 2. The average Bonchev–Trinajstić information content (AvgIpc) is 1.93. The second kappa shape index (κ2) is 2.87. The van der Waals surface area contributed by atoms with E-state index in [9.17, 15) is 4.79 Å². The quantitative estimate of drug-likeness (QED) is 0.660. The molecule has 0 unspecified atom stereocenters. The predicted molar refractivity (Wildman–Crippen MR) is 47.2 cm³/mol. The molecule has 10 heavy (non-hydrogen) atoms. The second-order valence-electron chi connectivity index (χ2n) is 1.74. The van der Waals surface area contributed by atoms with Gasteiger partial charge in [-0.3, -0.25) is 4.79 Å². The zero-order chi connectivity index (χ0) is 7.72. The van der Waals surface area contributed by atoms with Crippen molar-refractivity contribution in [2.45, 2.75) is 0 Å². The first-order chi connectivity index (χ1) is 4.63. The highest BCUT2D eigenvalue weighted by Crippen LogP contribution is 2.10. The molecule has 3 nitrogen and oxygen atoms in total. The van der Waals surface area contributed by atoms with E-state index in [1.807, 2.05) is 22.6 Å². The van der Waals surface area contributed by atoms with Crippen molar-refractivity contribution in [1.29, 1.82) is 0 Å². The van der Waals surface area contributed by atoms with Crippen molar-refractivity contribution in [3.05, 3.63) is 25.1 Å². The maximum absolute atomic E-state index is 11.0. The molecule has 1 aromatic heterocycles. The molecule has 5 heteroatoms. The molecule has 0 spiro atoms. The van der Waals surface area contributed by atoms with Gasteiger partial charge in [0.15, 0.2) is 0 Å². The third kappa shape index (κ3) is 1.32. The standard InChI is InChI=1S/C5H4ClIN2O/c1-9-5(10)4(7)3(6)2-8-9/h2H,1H3. The summed E-state index contributed by atoms with van der Waals surface area (Å²) in [5.74, 6) is 0. The van der Waals surface area contributed by atoms with Gasteiger partial charge >= 0.3 is 0 Å². The number of rotatable bonds is 0. The van der Waals surface area contributed by atoms with E-state index in [1.165, 1.54) is 10.9 Å². The van der Waals surface area contributed by atoms with Crippen molar-refractivity contribution >= 4 is 34.2 Å². The Morgan fingerprint density at radius 2 is 2.40 bits per heavy atom. The van der Waals surface area contributed by atoms with Crippen molar-refractivity contribution in [3.63, 3.8) is 0 Å². The lowest BCUT2D eigenvalue weighted by molar-refractivity contribution is 0.702. The van der Waals surface area contributed by atoms with Crippen LogP contribution in [0.3, 0.4) is 0 Å². The molecule has 1 rings (SSSR count). The van der Waals surface area contributed by atoms with E-state index >= 15 is 0 Å². The maximum atomic E-state index is 11.0. The minimum Gasteiger partial charge on any atom is -0.267 e. The summed E-state index contributed by atoms with van der Waals surface area (Å²) in [4.78, 5) is 11.0. The summed E-state index contributed by atoms with van der Waals surface area (Å²) < 4.78 is 1.75. The molecule has 54 valence electrons. The van der Waals surface area contributed by atoms with E-state index in [0.717, 1.165) is 0 Å². The minimum atomic E-state index is -0.159. The molecule has 0 saturated heterocycles. The van der Waals surface area contributed by atoms with E-state index in [4.69, 9.17) is 11.6 Å². The first-order valence-corrected chi connectivity index (χ1v) is 3.96. The molecule has 0 saturated carbocycles. The molecular weight excluding hydrogens is 266 g/mol. The molecule has 0 aliphatic rings. The normalized spacial score (nSPS) is 9.90. The van der Waals surface area contributed by atoms with Gasteiger partial charge in [-0.1, -0.05) is 11.6 Å². The van der Waals surface area contributed by atoms with E-state index in [0.29, 0.717) is 8.59 Å². The Labute approximate surface area is 76.1 Å². The van der Waals surface area contributed by atoms with Gasteiger partial charge in [0, 0.05) is 7.05 Å². The summed E-state index contributed by atoms with van der Waals surface area (Å²) in [7, 11) is 1.58. The van der Waals surface area contributed by atoms with Gasteiger partial charge in [-0.25, -0.2) is 4.68 Å². The first-order valence-electron chi connectivity index (χ1n) is 2.50. The second-order valence-corrected chi connectivity index (χ2v) is 3.22. The van der Waals surface area contributed by atoms with Gasteiger partial charge in [0.05, 0.1) is 11.2 Å². The van der Waals surface area contributed by atoms with Crippen LogP contribution in [0, 0.1) is 3.57 Å². The zero-order valence-corrected chi connectivity index (χ0v) is 8.05. The van der Waals surface area contributed by atoms with Crippen molar-refractivity contribution < 1.29 is 0 Å². The number of aryl methyl sites for hydroxylation is 1. The number of nitrogens with zero attached hydrogens (tertiary/aromatic N) is 2. The fourth-order valence-electron chi connectivity index (χ4n) is 0.491. The van der Waals surface area contributed by atoms with Crippen molar-refractivity contribution in [1.82, 2.24) is 9.78 Å². The number of hydrogen-bond donors (Lipinski definition) is 0. The Kier molecular flexibility index (Phi) is 2.30. The Morgan fingerprint density at radius 3 is 2.90 bits per heavy atom. The molecule has 0 atom stereocenters. The lowest BCUT2D eigenvalue weighted by Crippen LogP contribution is -2.21. The zero-order valence-electron chi connectivity index (χ0n) is 5.14. The minimum absolute atomic E-state index is 0.159. The molecule has 0 aliphatic heterocycles. The van der Waals surface area contributed by atoms with Crippen molar-refractivity contribution in [2.75, 3.05) is 0 Å². The Bertz CT molecular complexity index is 309. The molecule has 1 aromatic rings. The van der Waals surface area contributed by atoms with Crippen LogP contribution in [0.5, 0.6) is 0 Å². The predicted octanol–water partition coefficient (Wildman–Crippen LogP) is 1.04. The van der Waals surface area contributed by atoms with E-state index in [-0.39, 0.29) is 5.56 Å². The van der Waals surface area contributed by atoms with Gasteiger partial charge < -0.3 is 0 Å². The molecule has 0 aliphatic carbocycles. The van der Waals surface area contributed by atoms with Crippen molar-refractivity contribution in [2.24, 2.45) is 7.05 Å². The summed E-state index contributed by atoms with van der Waals surface area (Å²) in [5.41, 5.74) is -0.159. The van der Waals surface area contributed by atoms with E-state index < -0.39 is 0 Å². The lowest BCUT2D eigenvalue weighted by Gasteiger charge is -1.96. The maximum Gasteiger partial charge on any atom is 0.281 e. The van der Waals surface area contributed by atoms with Crippen LogP contribution in [0.4, 0.5) is 0 Å². The van der Waals surface area contributed by atoms with Gasteiger partial charge in [-0.2, -0.15) is 5.10 Å². The monoisotopic (exact) mass is 270 g/mol. The third-order valence-corrected chi connectivity index (χ3v) is 2.68. The molecule has 0 N–H and O–H groups in total. The SMILES string of the molecule is Cn1ncc(Cl)c(I)c1=O. The smallest absolute Gasteiger partial charge is 0.267 e. The largest absolute Gasteiger partial charge is 0.281 e. The van der Waals surface area contributed by atoms with Crippen LogP contribution in [-0.2, 0) is 7.05 Å². The van der Waals surface area contributed by atoms with Crippen LogP contribution in [0.2, 0.25) is 5.02 Å². The van der Waals surface area contributed by atoms with Gasteiger partial charge in [0.25, 0.3) is 5.56 Å². The Morgan fingerprint density at radius 1 is 1.80 bits per heavy atom. The molecule has 0 radical (unpaired) electrons. The van der Waals surface area contributed by atoms with Gasteiger partial charge in [-0.05, 0) is 22.6 Å². The van der Waals surface area contributed by atoms with Gasteiger partial charge in [-0.15, -0.1) is 0 Å². The highest BCUT2D eigenvalue weighted by molar-refractivity contribution is 14.1. The summed E-state index contributed by atoms with van der Waals surface area (Å²) in [5, 5.41) is 4.11. The van der Waals surface area contributed by atoms with Crippen LogP contribution in [-0.4, -0.2) is 9.78 Å². The Balaban J connectivity index is 3.50. The number of aromatic nitrogens is 2. The highest BCUT2D eigenvalue weighted by Gasteiger charge is 2.02. The lowest BCUT2D eigenvalue weighted by atomic mass is 10.6. The van der Waals surface area contributed by atoms with Crippen LogP contribution >= 0.6 is 34.2 Å². The van der Waals surface area contributed by atoms with E-state index in [2.05, 4.69) is 5.10 Å². The van der Waals surface area contributed by atoms with Crippen LogP contribution in [0.1, 0.15) is 0 Å². The van der Waals surface area contributed by atoms with E-state index in [1.54, 1.807) is 7.05 Å². The molecule has 0 fully saturated rings. The first kappa shape index (κ1) is 8.00. The topological polar surface area (TPSA) is 34.9 Å². The van der Waals surface area contributed by atoms with Crippen LogP contribution in [0.25, 0.3) is 0 Å². The summed E-state index contributed by atoms with van der Waals surface area (Å²) in [6.07, 6.45) is 1.45. The Hall–Kier alpha value is -0.100. The summed E-state index contributed by atoms with van der Waals surface area (Å²) in [6.45, 7) is 0. The van der Waals surface area contributed by atoms with Gasteiger partial charge in [0.1, 0.15) is 3.57 Å². The fraction of sp³-hybridized carbons (Fsp3) is 0.200. The van der Waals surface area contributed by atoms with Crippen LogP contribution in [0.15, 0.2) is 11.0 Å². The van der Waals surface area contributed by atoms with Gasteiger partial charge in [0.2, 0.25) is 0 Å². The average molecular weight is 270 g/mol. The highest BCUT2D eigenvalue weighted by atomic mass is 127. The molecule has 1 heterocycles. The molecule has 0 bridgehead atoms. The molecule has 0 aromatic carbocycles. The molecular formula is C5H4ClIN2O. The fourth-order valence-corrected chi connectivity index (χ4v) is 1.10. The van der Waals surface area contributed by atoms with Crippen LogP contribution < -0.4 is 5.56 Å². The third-order valence-electron chi connectivity index (χ3n) is 1.04. The molecule has 0 amide bonds.